The van der Waals surface area contributed by atoms with Crippen LogP contribution in [0.5, 0.6) is 0 Å². The maximum atomic E-state index is 11.7. The van der Waals surface area contributed by atoms with E-state index in [-0.39, 0.29) is 5.78 Å². The number of esters is 1. The summed E-state index contributed by atoms with van der Waals surface area (Å²) >= 11 is 0. The summed E-state index contributed by atoms with van der Waals surface area (Å²) in [5, 5.41) is 0. The summed E-state index contributed by atoms with van der Waals surface area (Å²) in [6.45, 7) is 6.50. The van der Waals surface area contributed by atoms with E-state index < -0.39 is 11.6 Å². The van der Waals surface area contributed by atoms with Gasteiger partial charge in [-0.1, -0.05) is 11.6 Å². The molecule has 76 valence electrons. The van der Waals surface area contributed by atoms with Gasteiger partial charge >= 0.3 is 5.97 Å². The molecule has 0 amide bonds. The zero-order valence-electron chi connectivity index (χ0n) is 8.88. The van der Waals surface area contributed by atoms with Crippen LogP contribution in [0.15, 0.2) is 23.3 Å². The van der Waals surface area contributed by atoms with Crippen LogP contribution in [0.3, 0.4) is 0 Å². The molecule has 0 aliphatic heterocycles. The fourth-order valence-electron chi connectivity index (χ4n) is 1.71. The first kappa shape index (κ1) is 10.7. The predicted molar refractivity (Wildman–Crippen MR) is 52.7 cm³/mol. The van der Waals surface area contributed by atoms with Crippen LogP contribution in [0.1, 0.15) is 27.7 Å². The molecule has 1 unspecified atom stereocenters. The van der Waals surface area contributed by atoms with E-state index in [2.05, 4.69) is 0 Å². The molecule has 0 spiro atoms. The molecule has 0 bridgehead atoms. The lowest BCUT2D eigenvalue weighted by molar-refractivity contribution is -0.157. The summed E-state index contributed by atoms with van der Waals surface area (Å²) in [5.74, 6) is -0.599. The van der Waals surface area contributed by atoms with Crippen LogP contribution in [-0.2, 0) is 14.3 Å². The Morgan fingerprint density at radius 2 is 2.00 bits per heavy atom. The lowest BCUT2D eigenvalue weighted by Gasteiger charge is -2.27. The monoisotopic (exact) mass is 194 g/mol. The first-order valence-electron chi connectivity index (χ1n) is 4.47. The lowest BCUT2D eigenvalue weighted by Crippen LogP contribution is -2.40. The van der Waals surface area contributed by atoms with Gasteiger partial charge in [0.1, 0.15) is 0 Å². The van der Waals surface area contributed by atoms with Gasteiger partial charge in [-0.15, -0.1) is 0 Å². The maximum absolute atomic E-state index is 11.7. The van der Waals surface area contributed by atoms with Crippen molar-refractivity contribution in [1.29, 1.82) is 0 Å². The Bertz CT molecular complexity index is 350. The van der Waals surface area contributed by atoms with E-state index in [9.17, 15) is 9.59 Å². The minimum absolute atomic E-state index is 0.154. The topological polar surface area (TPSA) is 43.4 Å². The summed E-state index contributed by atoms with van der Waals surface area (Å²) in [7, 11) is 0. The number of ether oxygens (including phenoxy) is 1. The Kier molecular flexibility index (Phi) is 2.60. The molecule has 0 fully saturated rings. The third-order valence-electron chi connectivity index (χ3n) is 2.11. The average Bonchev–Trinajstić information content (AvgIpc) is 1.98. The van der Waals surface area contributed by atoms with Gasteiger partial charge in [0.15, 0.2) is 5.60 Å². The molecule has 14 heavy (non-hydrogen) atoms. The number of carbonyl (C=O) groups is 2. The molecule has 1 atom stereocenters. The first-order chi connectivity index (χ1) is 6.35. The molecule has 0 aromatic carbocycles. The van der Waals surface area contributed by atoms with E-state index in [0.717, 1.165) is 5.57 Å². The van der Waals surface area contributed by atoms with Crippen LogP contribution in [0, 0.1) is 0 Å². The minimum atomic E-state index is -1.12. The van der Waals surface area contributed by atoms with E-state index in [1.807, 2.05) is 6.92 Å². The molecule has 0 radical (unpaired) electrons. The van der Waals surface area contributed by atoms with Gasteiger partial charge in [0, 0.05) is 6.92 Å². The molecule has 0 aromatic heterocycles. The summed E-state index contributed by atoms with van der Waals surface area (Å²) < 4.78 is 5.03. The van der Waals surface area contributed by atoms with Gasteiger partial charge in [-0.05, 0) is 32.4 Å². The van der Waals surface area contributed by atoms with Gasteiger partial charge in [0.2, 0.25) is 5.78 Å². The van der Waals surface area contributed by atoms with Crippen molar-refractivity contribution in [2.24, 2.45) is 0 Å². The molecule has 3 heteroatoms. The molecule has 0 saturated heterocycles. The van der Waals surface area contributed by atoms with Crippen molar-refractivity contribution in [3.8, 4) is 0 Å². The van der Waals surface area contributed by atoms with Gasteiger partial charge in [-0.2, -0.15) is 0 Å². The highest BCUT2D eigenvalue weighted by atomic mass is 16.6. The van der Waals surface area contributed by atoms with E-state index in [1.165, 1.54) is 6.92 Å². The molecular weight excluding hydrogens is 180 g/mol. The second-order valence-corrected chi connectivity index (χ2v) is 3.75. The third-order valence-corrected chi connectivity index (χ3v) is 2.11. The summed E-state index contributed by atoms with van der Waals surface area (Å²) in [6.07, 6.45) is 3.46. The fraction of sp³-hybridized carbons (Fsp3) is 0.455. The zero-order chi connectivity index (χ0) is 10.9. The summed E-state index contributed by atoms with van der Waals surface area (Å²) in [6, 6.07) is 0. The van der Waals surface area contributed by atoms with E-state index in [4.69, 9.17) is 4.74 Å². The SMILES string of the molecule is CC(=O)OC1(C)C=C(C)C=C(C)C1=O. The van der Waals surface area contributed by atoms with Crippen molar-refractivity contribution < 1.29 is 14.3 Å². The summed E-state index contributed by atoms with van der Waals surface area (Å²) in [5.41, 5.74) is 0.439. The van der Waals surface area contributed by atoms with Crippen LogP contribution < -0.4 is 0 Å². The molecule has 1 aliphatic carbocycles. The Morgan fingerprint density at radius 3 is 2.50 bits per heavy atom. The number of allylic oxidation sites excluding steroid dienone is 2. The number of rotatable bonds is 1. The van der Waals surface area contributed by atoms with Gasteiger partial charge in [0.05, 0.1) is 0 Å². The number of Topliss-reactive ketones (excluding diaryl/α,β-unsaturated/α-hetero) is 1. The zero-order valence-corrected chi connectivity index (χ0v) is 8.88. The van der Waals surface area contributed by atoms with Crippen molar-refractivity contribution >= 4 is 11.8 Å². The first-order valence-corrected chi connectivity index (χ1v) is 4.47. The van der Waals surface area contributed by atoms with Crippen molar-refractivity contribution in [3.05, 3.63) is 23.3 Å². The Labute approximate surface area is 83.4 Å². The van der Waals surface area contributed by atoms with Gasteiger partial charge in [-0.3, -0.25) is 9.59 Å². The normalized spacial score (nSPS) is 26.7. The lowest BCUT2D eigenvalue weighted by atomic mass is 9.87. The molecule has 0 heterocycles. The number of carbonyl (C=O) groups excluding carboxylic acids is 2. The smallest absolute Gasteiger partial charge is 0.303 e. The van der Waals surface area contributed by atoms with E-state index in [0.29, 0.717) is 5.57 Å². The highest BCUT2D eigenvalue weighted by molar-refractivity contribution is 6.05. The average molecular weight is 194 g/mol. The van der Waals surface area contributed by atoms with Crippen LogP contribution in [-0.4, -0.2) is 17.4 Å². The molecule has 1 aliphatic rings. The second-order valence-electron chi connectivity index (χ2n) is 3.75. The quantitative estimate of drug-likeness (QED) is 0.597. The van der Waals surface area contributed by atoms with Crippen LogP contribution in [0.4, 0.5) is 0 Å². The Hall–Kier alpha value is -1.38. The van der Waals surface area contributed by atoms with Gasteiger partial charge < -0.3 is 4.74 Å². The molecule has 1 rings (SSSR count). The molecular formula is C11H14O3. The van der Waals surface area contributed by atoms with Crippen molar-refractivity contribution in [2.75, 3.05) is 0 Å². The van der Waals surface area contributed by atoms with E-state index >= 15 is 0 Å². The fourth-order valence-corrected chi connectivity index (χ4v) is 1.71. The van der Waals surface area contributed by atoms with Crippen molar-refractivity contribution in [2.45, 2.75) is 33.3 Å². The number of hydrogen-bond acceptors (Lipinski definition) is 3. The minimum Gasteiger partial charge on any atom is -0.447 e. The predicted octanol–water partition coefficient (Wildman–Crippen LogP) is 1.78. The second kappa shape index (κ2) is 3.40. The molecule has 3 nitrogen and oxygen atoms in total. The summed E-state index contributed by atoms with van der Waals surface area (Å²) in [4.78, 5) is 22.6. The molecule has 0 saturated carbocycles. The van der Waals surface area contributed by atoms with Crippen LogP contribution >= 0.6 is 0 Å². The van der Waals surface area contributed by atoms with Crippen molar-refractivity contribution in [3.63, 3.8) is 0 Å². The Balaban J connectivity index is 3.06. The number of ketones is 1. The molecule has 0 aromatic rings. The standard InChI is InChI=1S/C11H14O3/c1-7-5-8(2)10(13)11(4,6-7)14-9(3)12/h5-6H,1-4H3. The van der Waals surface area contributed by atoms with Gasteiger partial charge in [0.25, 0.3) is 0 Å². The third kappa shape index (κ3) is 1.92. The Morgan fingerprint density at radius 1 is 1.43 bits per heavy atom. The molecule has 0 N–H and O–H groups in total. The van der Waals surface area contributed by atoms with Crippen molar-refractivity contribution in [1.82, 2.24) is 0 Å². The van der Waals surface area contributed by atoms with E-state index in [1.54, 1.807) is 26.0 Å². The largest absolute Gasteiger partial charge is 0.447 e. The highest BCUT2D eigenvalue weighted by Crippen LogP contribution is 2.26. The van der Waals surface area contributed by atoms with Crippen LogP contribution in [0.25, 0.3) is 0 Å². The van der Waals surface area contributed by atoms with Crippen LogP contribution in [0.2, 0.25) is 0 Å². The highest BCUT2D eigenvalue weighted by Gasteiger charge is 2.37. The maximum Gasteiger partial charge on any atom is 0.303 e. The van der Waals surface area contributed by atoms with Gasteiger partial charge in [-0.25, -0.2) is 0 Å². The number of hydrogen-bond donors (Lipinski definition) is 0.